The molecule has 4 heteroatoms. The van der Waals surface area contributed by atoms with Crippen LogP contribution >= 0.6 is 0 Å². The van der Waals surface area contributed by atoms with Crippen LogP contribution in [0.4, 0.5) is 6.01 Å². The standard InChI is InChI=1S/C16H12N2O2/c19-15-9-5-4-8-13(15)10-17-16-18-14(11-20-16)12-6-2-1-3-7-12/h1-11,19H/b17-10+. The van der Waals surface area contributed by atoms with Gasteiger partial charge in [-0.3, -0.25) is 0 Å². The number of phenolic OH excluding ortho intramolecular Hbond substituents is 1. The molecule has 0 radical (unpaired) electrons. The number of benzene rings is 2. The molecule has 0 unspecified atom stereocenters. The summed E-state index contributed by atoms with van der Waals surface area (Å²) in [5.74, 6) is 0.172. The molecule has 1 aromatic heterocycles. The molecule has 0 saturated carbocycles. The molecule has 0 spiro atoms. The Labute approximate surface area is 116 Å². The first-order valence-electron chi connectivity index (χ1n) is 6.16. The van der Waals surface area contributed by atoms with Gasteiger partial charge in [0.1, 0.15) is 17.7 Å². The predicted molar refractivity (Wildman–Crippen MR) is 77.3 cm³/mol. The minimum Gasteiger partial charge on any atom is -0.507 e. The van der Waals surface area contributed by atoms with Crippen molar-refractivity contribution in [2.24, 2.45) is 4.99 Å². The van der Waals surface area contributed by atoms with E-state index in [1.54, 1.807) is 24.5 Å². The maximum Gasteiger partial charge on any atom is 0.322 e. The van der Waals surface area contributed by atoms with Crippen LogP contribution < -0.4 is 0 Å². The third-order valence-corrected chi connectivity index (χ3v) is 2.81. The quantitative estimate of drug-likeness (QED) is 0.732. The van der Waals surface area contributed by atoms with E-state index in [1.165, 1.54) is 6.21 Å². The zero-order chi connectivity index (χ0) is 13.8. The predicted octanol–water partition coefficient (Wildman–Crippen LogP) is 3.80. The molecule has 0 aliphatic rings. The summed E-state index contributed by atoms with van der Waals surface area (Å²) < 4.78 is 5.29. The number of hydrogen-bond donors (Lipinski definition) is 1. The molecule has 0 aliphatic heterocycles. The average molecular weight is 264 g/mol. The van der Waals surface area contributed by atoms with Gasteiger partial charge < -0.3 is 9.52 Å². The Morgan fingerprint density at radius 1 is 1.00 bits per heavy atom. The number of aliphatic imine (C=N–C) groups is 1. The van der Waals surface area contributed by atoms with Crippen molar-refractivity contribution in [1.29, 1.82) is 0 Å². The molecule has 4 nitrogen and oxygen atoms in total. The summed E-state index contributed by atoms with van der Waals surface area (Å²) in [4.78, 5) is 8.40. The van der Waals surface area contributed by atoms with Gasteiger partial charge in [-0.25, -0.2) is 4.99 Å². The molecule has 0 fully saturated rings. The second-order valence-corrected chi connectivity index (χ2v) is 4.20. The van der Waals surface area contributed by atoms with E-state index in [0.29, 0.717) is 5.56 Å². The van der Waals surface area contributed by atoms with Crippen LogP contribution in [0, 0.1) is 0 Å². The number of hydrogen-bond acceptors (Lipinski definition) is 4. The minimum atomic E-state index is 0.172. The number of para-hydroxylation sites is 1. The second-order valence-electron chi connectivity index (χ2n) is 4.20. The maximum atomic E-state index is 9.63. The lowest BCUT2D eigenvalue weighted by Gasteiger charge is -1.95. The molecule has 0 saturated heterocycles. The molecule has 3 rings (SSSR count). The summed E-state index contributed by atoms with van der Waals surface area (Å²) in [7, 11) is 0. The topological polar surface area (TPSA) is 58.6 Å². The Morgan fingerprint density at radius 3 is 2.55 bits per heavy atom. The maximum absolute atomic E-state index is 9.63. The van der Waals surface area contributed by atoms with Crippen LogP contribution in [0.25, 0.3) is 11.3 Å². The lowest BCUT2D eigenvalue weighted by Crippen LogP contribution is -1.81. The molecule has 0 amide bonds. The Hall–Kier alpha value is -2.88. The fourth-order valence-electron chi connectivity index (χ4n) is 1.79. The zero-order valence-corrected chi connectivity index (χ0v) is 10.6. The largest absolute Gasteiger partial charge is 0.507 e. The highest BCUT2D eigenvalue weighted by Gasteiger charge is 2.04. The van der Waals surface area contributed by atoms with Crippen LogP contribution in [0.1, 0.15) is 5.56 Å². The van der Waals surface area contributed by atoms with E-state index in [0.717, 1.165) is 11.3 Å². The first-order chi connectivity index (χ1) is 9.83. The van der Waals surface area contributed by atoms with Gasteiger partial charge in [0.25, 0.3) is 0 Å². The molecule has 20 heavy (non-hydrogen) atoms. The minimum absolute atomic E-state index is 0.172. The number of rotatable bonds is 3. The summed E-state index contributed by atoms with van der Waals surface area (Å²) in [6.45, 7) is 0. The fourth-order valence-corrected chi connectivity index (χ4v) is 1.79. The summed E-state index contributed by atoms with van der Waals surface area (Å²) in [5.41, 5.74) is 2.32. The molecule has 0 aliphatic carbocycles. The fraction of sp³-hybridized carbons (Fsp3) is 0. The molecule has 2 aromatic carbocycles. The van der Waals surface area contributed by atoms with Crippen molar-refractivity contribution in [3.63, 3.8) is 0 Å². The summed E-state index contributed by atoms with van der Waals surface area (Å²) in [5, 5.41) is 9.63. The molecule has 98 valence electrons. The van der Waals surface area contributed by atoms with E-state index >= 15 is 0 Å². The summed E-state index contributed by atoms with van der Waals surface area (Å²) >= 11 is 0. The van der Waals surface area contributed by atoms with Crippen molar-refractivity contribution >= 4 is 12.2 Å². The van der Waals surface area contributed by atoms with Crippen molar-refractivity contribution in [1.82, 2.24) is 4.98 Å². The summed E-state index contributed by atoms with van der Waals surface area (Å²) in [6.07, 6.45) is 3.09. The van der Waals surface area contributed by atoms with Gasteiger partial charge in [0.2, 0.25) is 0 Å². The highest BCUT2D eigenvalue weighted by Crippen LogP contribution is 2.22. The van der Waals surface area contributed by atoms with Gasteiger partial charge in [-0.15, -0.1) is 0 Å². The van der Waals surface area contributed by atoms with Crippen molar-refractivity contribution < 1.29 is 9.52 Å². The SMILES string of the molecule is Oc1ccccc1/C=N/c1nc(-c2ccccc2)co1. The van der Waals surface area contributed by atoms with E-state index in [9.17, 15) is 5.11 Å². The van der Waals surface area contributed by atoms with Crippen LogP contribution in [0.3, 0.4) is 0 Å². The first-order valence-corrected chi connectivity index (χ1v) is 6.16. The third kappa shape index (κ3) is 2.59. The van der Waals surface area contributed by atoms with E-state index < -0.39 is 0 Å². The normalized spacial score (nSPS) is 11.0. The Morgan fingerprint density at radius 2 is 1.75 bits per heavy atom. The first kappa shape index (κ1) is 12.2. The van der Waals surface area contributed by atoms with Crippen LogP contribution in [-0.4, -0.2) is 16.3 Å². The molecule has 0 atom stereocenters. The second kappa shape index (κ2) is 5.40. The van der Waals surface area contributed by atoms with Crippen LogP contribution in [-0.2, 0) is 0 Å². The smallest absolute Gasteiger partial charge is 0.322 e. The molecule has 1 N–H and O–H groups in total. The van der Waals surface area contributed by atoms with Gasteiger partial charge in [-0.05, 0) is 12.1 Å². The zero-order valence-electron chi connectivity index (χ0n) is 10.6. The highest BCUT2D eigenvalue weighted by molar-refractivity contribution is 5.84. The average Bonchev–Trinajstić information content (AvgIpc) is 2.96. The van der Waals surface area contributed by atoms with E-state index in [2.05, 4.69) is 9.98 Å². The Bertz CT molecular complexity index is 733. The Balaban J connectivity index is 1.83. The van der Waals surface area contributed by atoms with E-state index in [4.69, 9.17) is 4.42 Å². The number of aromatic nitrogens is 1. The third-order valence-electron chi connectivity index (χ3n) is 2.81. The van der Waals surface area contributed by atoms with Crippen molar-refractivity contribution in [3.8, 4) is 17.0 Å². The Kier molecular flexibility index (Phi) is 3.29. The number of oxazole rings is 1. The highest BCUT2D eigenvalue weighted by atomic mass is 16.4. The van der Waals surface area contributed by atoms with Crippen LogP contribution in [0.2, 0.25) is 0 Å². The number of aromatic hydroxyl groups is 1. The van der Waals surface area contributed by atoms with Crippen molar-refractivity contribution in [3.05, 3.63) is 66.4 Å². The van der Waals surface area contributed by atoms with Gasteiger partial charge in [0.15, 0.2) is 0 Å². The molecule has 3 aromatic rings. The van der Waals surface area contributed by atoms with E-state index in [1.807, 2.05) is 36.4 Å². The molecule has 0 bridgehead atoms. The molecular weight excluding hydrogens is 252 g/mol. The van der Waals surface area contributed by atoms with Gasteiger partial charge in [-0.1, -0.05) is 42.5 Å². The number of phenols is 1. The van der Waals surface area contributed by atoms with Crippen molar-refractivity contribution in [2.45, 2.75) is 0 Å². The molecular formula is C16H12N2O2. The van der Waals surface area contributed by atoms with Crippen LogP contribution in [0.5, 0.6) is 5.75 Å². The number of nitrogens with zero attached hydrogens (tertiary/aromatic N) is 2. The lowest BCUT2D eigenvalue weighted by molar-refractivity contribution is 0.474. The van der Waals surface area contributed by atoms with Crippen molar-refractivity contribution in [2.75, 3.05) is 0 Å². The molecule has 1 heterocycles. The van der Waals surface area contributed by atoms with Gasteiger partial charge >= 0.3 is 6.01 Å². The van der Waals surface area contributed by atoms with Gasteiger partial charge in [0.05, 0.1) is 0 Å². The van der Waals surface area contributed by atoms with E-state index in [-0.39, 0.29) is 11.8 Å². The van der Waals surface area contributed by atoms with Gasteiger partial charge in [0, 0.05) is 17.3 Å². The lowest BCUT2D eigenvalue weighted by atomic mass is 10.2. The monoisotopic (exact) mass is 264 g/mol. The van der Waals surface area contributed by atoms with Crippen LogP contribution in [0.15, 0.2) is 70.3 Å². The van der Waals surface area contributed by atoms with Gasteiger partial charge in [-0.2, -0.15) is 4.98 Å². The summed E-state index contributed by atoms with van der Waals surface area (Å²) in [6, 6.07) is 16.9.